The molecule has 0 saturated carbocycles. The molecule has 1 saturated heterocycles. The first-order valence-electron chi connectivity index (χ1n) is 10.3. The Kier molecular flexibility index (Phi) is 7.18. The second kappa shape index (κ2) is 10.0. The van der Waals surface area contributed by atoms with Crippen LogP contribution in [0.15, 0.2) is 48.5 Å². The molecule has 3 rings (SSSR count). The largest absolute Gasteiger partial charge is 0.454 e. The van der Waals surface area contributed by atoms with Gasteiger partial charge in [-0.15, -0.1) is 0 Å². The first-order valence-corrected chi connectivity index (χ1v) is 10.3. The van der Waals surface area contributed by atoms with Gasteiger partial charge in [0.25, 0.3) is 0 Å². The van der Waals surface area contributed by atoms with Crippen molar-refractivity contribution in [3.63, 3.8) is 0 Å². The average Bonchev–Trinajstić information content (AvgIpc) is 2.77. The van der Waals surface area contributed by atoms with E-state index >= 15 is 0 Å². The molecule has 1 fully saturated rings. The number of anilines is 1. The SMILES string of the molecule is CC(=O)N[C@H](C)c1ccc(C(=O)COC(=O)c2ccc(N3CCCCC3=O)cc2)cc1. The Morgan fingerprint density at radius 2 is 1.65 bits per heavy atom. The molecule has 0 radical (unpaired) electrons. The van der Waals surface area contributed by atoms with E-state index in [1.807, 2.05) is 6.92 Å². The third-order valence-electron chi connectivity index (χ3n) is 5.22. The van der Waals surface area contributed by atoms with Gasteiger partial charge in [0.1, 0.15) is 0 Å². The number of benzene rings is 2. The minimum absolute atomic E-state index is 0.0876. The Bertz CT molecular complexity index is 966. The lowest BCUT2D eigenvalue weighted by Gasteiger charge is -2.26. The third-order valence-corrected chi connectivity index (χ3v) is 5.22. The standard InChI is InChI=1S/C24H26N2O5/c1-16(25-17(2)27)18-6-8-19(9-7-18)22(28)15-31-24(30)20-10-12-21(13-11-20)26-14-4-3-5-23(26)29/h6-13,16H,3-5,14-15H2,1-2H3,(H,25,27)/t16-/m1/s1. The van der Waals surface area contributed by atoms with Crippen LogP contribution >= 0.6 is 0 Å². The van der Waals surface area contributed by atoms with Crippen molar-refractivity contribution < 1.29 is 23.9 Å². The summed E-state index contributed by atoms with van der Waals surface area (Å²) in [5.41, 5.74) is 2.37. The quantitative estimate of drug-likeness (QED) is 0.545. The van der Waals surface area contributed by atoms with Gasteiger partial charge in [-0.2, -0.15) is 0 Å². The van der Waals surface area contributed by atoms with Crippen LogP contribution in [0.4, 0.5) is 5.69 Å². The van der Waals surface area contributed by atoms with Gasteiger partial charge in [0.15, 0.2) is 12.4 Å². The molecule has 162 valence electrons. The molecule has 31 heavy (non-hydrogen) atoms. The lowest BCUT2D eigenvalue weighted by molar-refractivity contribution is -0.120. The smallest absolute Gasteiger partial charge is 0.338 e. The molecule has 0 aliphatic carbocycles. The van der Waals surface area contributed by atoms with Crippen molar-refractivity contribution in [1.29, 1.82) is 0 Å². The van der Waals surface area contributed by atoms with Crippen LogP contribution in [0.5, 0.6) is 0 Å². The van der Waals surface area contributed by atoms with Gasteiger partial charge in [-0.05, 0) is 49.6 Å². The van der Waals surface area contributed by atoms with Crippen LogP contribution in [0.25, 0.3) is 0 Å². The number of carbonyl (C=O) groups excluding carboxylic acids is 4. The maximum atomic E-state index is 12.3. The monoisotopic (exact) mass is 422 g/mol. The number of carbonyl (C=O) groups is 4. The van der Waals surface area contributed by atoms with Gasteiger partial charge in [-0.25, -0.2) is 4.79 Å². The second-order valence-corrected chi connectivity index (χ2v) is 7.59. The minimum atomic E-state index is -0.597. The summed E-state index contributed by atoms with van der Waals surface area (Å²) < 4.78 is 5.16. The van der Waals surface area contributed by atoms with Crippen molar-refractivity contribution in [2.45, 2.75) is 39.2 Å². The highest BCUT2D eigenvalue weighted by Crippen LogP contribution is 2.21. The first-order chi connectivity index (χ1) is 14.8. The number of amides is 2. The molecule has 2 aromatic rings. The van der Waals surface area contributed by atoms with Gasteiger partial charge in [0.2, 0.25) is 11.8 Å². The van der Waals surface area contributed by atoms with Gasteiger partial charge < -0.3 is 15.0 Å². The van der Waals surface area contributed by atoms with Crippen molar-refractivity contribution in [2.24, 2.45) is 0 Å². The molecular weight excluding hydrogens is 396 g/mol. The summed E-state index contributed by atoms with van der Waals surface area (Å²) in [6.45, 7) is 3.61. The van der Waals surface area contributed by atoms with E-state index in [9.17, 15) is 19.2 Å². The Hall–Kier alpha value is -3.48. The number of hydrogen-bond acceptors (Lipinski definition) is 5. The molecular formula is C24H26N2O5. The summed E-state index contributed by atoms with van der Waals surface area (Å²) in [5, 5.41) is 2.78. The fourth-order valence-electron chi connectivity index (χ4n) is 3.50. The first kappa shape index (κ1) is 22.2. The summed E-state index contributed by atoms with van der Waals surface area (Å²) in [5.74, 6) is -0.955. The van der Waals surface area contributed by atoms with Crippen LogP contribution in [0.2, 0.25) is 0 Å². The topological polar surface area (TPSA) is 92.8 Å². The van der Waals surface area contributed by atoms with Crippen LogP contribution < -0.4 is 10.2 Å². The lowest BCUT2D eigenvalue weighted by atomic mass is 10.0. The molecule has 2 aromatic carbocycles. The van der Waals surface area contributed by atoms with E-state index in [1.165, 1.54) is 6.92 Å². The fraction of sp³-hybridized carbons (Fsp3) is 0.333. The molecule has 1 heterocycles. The van der Waals surface area contributed by atoms with Crippen LogP contribution in [-0.2, 0) is 14.3 Å². The zero-order valence-corrected chi connectivity index (χ0v) is 17.7. The molecule has 1 N–H and O–H groups in total. The van der Waals surface area contributed by atoms with Crippen LogP contribution in [0.3, 0.4) is 0 Å². The highest BCUT2D eigenvalue weighted by molar-refractivity contribution is 5.99. The number of piperidine rings is 1. The highest BCUT2D eigenvalue weighted by Gasteiger charge is 2.20. The normalized spacial score (nSPS) is 14.6. The van der Waals surface area contributed by atoms with Gasteiger partial charge in [0, 0.05) is 31.1 Å². The number of esters is 1. The summed E-state index contributed by atoms with van der Waals surface area (Å²) in [6.07, 6.45) is 2.41. The molecule has 0 unspecified atom stereocenters. The predicted molar refractivity (Wildman–Crippen MR) is 116 cm³/mol. The van der Waals surface area contributed by atoms with E-state index in [0.717, 1.165) is 24.1 Å². The van der Waals surface area contributed by atoms with Crippen molar-refractivity contribution in [1.82, 2.24) is 5.32 Å². The van der Waals surface area contributed by atoms with Crippen LogP contribution in [0.1, 0.15) is 65.4 Å². The molecule has 7 nitrogen and oxygen atoms in total. The minimum Gasteiger partial charge on any atom is -0.454 e. The molecule has 2 amide bonds. The van der Waals surface area contributed by atoms with Crippen molar-refractivity contribution in [3.05, 3.63) is 65.2 Å². The zero-order valence-electron chi connectivity index (χ0n) is 17.7. The Morgan fingerprint density at radius 3 is 2.26 bits per heavy atom. The summed E-state index contributed by atoms with van der Waals surface area (Å²) in [4.78, 5) is 49.5. The molecule has 0 bridgehead atoms. The molecule has 7 heteroatoms. The molecule has 0 spiro atoms. The van der Waals surface area contributed by atoms with Crippen LogP contribution in [0, 0.1) is 0 Å². The van der Waals surface area contributed by atoms with Gasteiger partial charge in [-0.1, -0.05) is 24.3 Å². The highest BCUT2D eigenvalue weighted by atomic mass is 16.5. The number of nitrogens with one attached hydrogen (secondary N) is 1. The second-order valence-electron chi connectivity index (χ2n) is 7.59. The Morgan fingerprint density at radius 1 is 1.00 bits per heavy atom. The van der Waals surface area contributed by atoms with E-state index in [2.05, 4.69) is 5.32 Å². The molecule has 0 aromatic heterocycles. The lowest BCUT2D eigenvalue weighted by Crippen LogP contribution is -2.35. The maximum absolute atomic E-state index is 12.3. The Labute approximate surface area is 181 Å². The number of hydrogen-bond donors (Lipinski definition) is 1. The molecule has 1 aliphatic rings. The molecule has 1 aliphatic heterocycles. The number of Topliss-reactive ketones (excluding diaryl/α,β-unsaturated/α-hetero) is 1. The zero-order chi connectivity index (χ0) is 22.4. The number of ether oxygens (including phenoxy) is 1. The van der Waals surface area contributed by atoms with Crippen molar-refractivity contribution >= 4 is 29.3 Å². The Balaban J connectivity index is 1.54. The maximum Gasteiger partial charge on any atom is 0.338 e. The van der Waals surface area contributed by atoms with E-state index < -0.39 is 5.97 Å². The van der Waals surface area contributed by atoms with Gasteiger partial charge in [0.05, 0.1) is 11.6 Å². The predicted octanol–water partition coefficient (Wildman–Crippen LogP) is 3.44. The summed E-state index contributed by atoms with van der Waals surface area (Å²) in [6, 6.07) is 13.3. The number of ketones is 1. The van der Waals surface area contributed by atoms with E-state index in [4.69, 9.17) is 4.74 Å². The van der Waals surface area contributed by atoms with Crippen LogP contribution in [-0.4, -0.2) is 36.7 Å². The van der Waals surface area contributed by atoms with Crippen molar-refractivity contribution in [2.75, 3.05) is 18.1 Å². The van der Waals surface area contributed by atoms with E-state index in [1.54, 1.807) is 53.4 Å². The number of rotatable bonds is 7. The summed E-state index contributed by atoms with van der Waals surface area (Å²) >= 11 is 0. The number of nitrogens with zero attached hydrogens (tertiary/aromatic N) is 1. The van der Waals surface area contributed by atoms with Gasteiger partial charge >= 0.3 is 5.97 Å². The fourth-order valence-corrected chi connectivity index (χ4v) is 3.50. The van der Waals surface area contributed by atoms with E-state index in [-0.39, 0.29) is 30.2 Å². The molecule has 1 atom stereocenters. The van der Waals surface area contributed by atoms with Gasteiger partial charge in [-0.3, -0.25) is 14.4 Å². The van der Waals surface area contributed by atoms with Crippen molar-refractivity contribution in [3.8, 4) is 0 Å². The van der Waals surface area contributed by atoms with E-state index in [0.29, 0.717) is 24.1 Å². The third kappa shape index (κ3) is 5.78. The average molecular weight is 422 g/mol. The summed E-state index contributed by atoms with van der Waals surface area (Å²) in [7, 11) is 0.